The maximum absolute atomic E-state index is 12.1. The van der Waals surface area contributed by atoms with E-state index in [0.29, 0.717) is 19.6 Å². The SMILES string of the molecule is CCN(C(=O)C(=O)N1CCNCC1)C(C)(C)C. The molecule has 2 amide bonds. The first kappa shape index (κ1) is 14.0. The Bertz CT molecular complexity index is 291. The second-order valence-electron chi connectivity index (χ2n) is 5.26. The molecule has 17 heavy (non-hydrogen) atoms. The molecular weight excluding hydrogens is 218 g/mol. The maximum atomic E-state index is 12.1. The predicted molar refractivity (Wildman–Crippen MR) is 66.6 cm³/mol. The van der Waals surface area contributed by atoms with Crippen LogP contribution in [0.2, 0.25) is 0 Å². The molecule has 5 nitrogen and oxygen atoms in total. The summed E-state index contributed by atoms with van der Waals surface area (Å²) in [6, 6.07) is 0. The standard InChI is InChI=1S/C12H23N3O2/c1-5-15(12(2,3)4)11(17)10(16)14-8-6-13-7-9-14/h13H,5-9H2,1-4H3. The normalized spacial score (nSPS) is 16.8. The molecule has 0 atom stereocenters. The highest BCUT2D eigenvalue weighted by Gasteiger charge is 2.32. The van der Waals surface area contributed by atoms with Crippen molar-refractivity contribution in [3.63, 3.8) is 0 Å². The fourth-order valence-electron chi connectivity index (χ4n) is 2.04. The van der Waals surface area contributed by atoms with Gasteiger partial charge in [0.15, 0.2) is 0 Å². The van der Waals surface area contributed by atoms with E-state index in [1.54, 1.807) is 9.80 Å². The lowest BCUT2D eigenvalue weighted by Crippen LogP contribution is -2.55. The van der Waals surface area contributed by atoms with Gasteiger partial charge in [-0.2, -0.15) is 0 Å². The molecule has 0 aliphatic carbocycles. The zero-order chi connectivity index (χ0) is 13.1. The van der Waals surface area contributed by atoms with Crippen LogP contribution in [0.1, 0.15) is 27.7 Å². The first-order chi connectivity index (χ1) is 7.88. The molecule has 0 aromatic rings. The van der Waals surface area contributed by atoms with Gasteiger partial charge in [-0.25, -0.2) is 0 Å². The minimum Gasteiger partial charge on any atom is -0.332 e. The van der Waals surface area contributed by atoms with E-state index >= 15 is 0 Å². The topological polar surface area (TPSA) is 52.7 Å². The zero-order valence-corrected chi connectivity index (χ0v) is 11.2. The summed E-state index contributed by atoms with van der Waals surface area (Å²) in [4.78, 5) is 27.4. The zero-order valence-electron chi connectivity index (χ0n) is 11.2. The summed E-state index contributed by atoms with van der Waals surface area (Å²) in [5.74, 6) is -0.759. The van der Waals surface area contributed by atoms with Crippen molar-refractivity contribution in [3.8, 4) is 0 Å². The summed E-state index contributed by atoms with van der Waals surface area (Å²) in [7, 11) is 0. The fourth-order valence-corrected chi connectivity index (χ4v) is 2.04. The summed E-state index contributed by atoms with van der Waals surface area (Å²) in [6.07, 6.45) is 0. The predicted octanol–water partition coefficient (Wildman–Crippen LogP) is 0.0652. The van der Waals surface area contributed by atoms with Gasteiger partial charge in [-0.05, 0) is 27.7 Å². The van der Waals surface area contributed by atoms with Crippen LogP contribution in [-0.2, 0) is 9.59 Å². The number of carbonyl (C=O) groups is 2. The van der Waals surface area contributed by atoms with Crippen LogP contribution in [-0.4, -0.2) is 59.9 Å². The molecule has 1 heterocycles. The second-order valence-corrected chi connectivity index (χ2v) is 5.26. The lowest BCUT2D eigenvalue weighted by molar-refractivity contribution is -0.154. The van der Waals surface area contributed by atoms with Crippen LogP contribution in [0.15, 0.2) is 0 Å². The van der Waals surface area contributed by atoms with Gasteiger partial charge in [0.1, 0.15) is 0 Å². The lowest BCUT2D eigenvalue weighted by Gasteiger charge is -2.36. The molecule has 0 spiro atoms. The molecule has 0 aromatic heterocycles. The van der Waals surface area contributed by atoms with Crippen molar-refractivity contribution >= 4 is 11.8 Å². The number of amides is 2. The third-order valence-electron chi connectivity index (χ3n) is 2.96. The third-order valence-corrected chi connectivity index (χ3v) is 2.96. The number of carbonyl (C=O) groups excluding carboxylic acids is 2. The Kier molecular flexibility index (Phi) is 4.51. The molecule has 0 unspecified atom stereocenters. The summed E-state index contributed by atoms with van der Waals surface area (Å²) in [5, 5.41) is 3.16. The van der Waals surface area contributed by atoms with E-state index in [0.717, 1.165) is 13.1 Å². The Labute approximate surface area is 103 Å². The van der Waals surface area contributed by atoms with Crippen LogP contribution in [0.25, 0.3) is 0 Å². The lowest BCUT2D eigenvalue weighted by atomic mass is 10.1. The van der Waals surface area contributed by atoms with Gasteiger partial charge < -0.3 is 15.1 Å². The molecule has 0 aromatic carbocycles. The fraction of sp³-hybridized carbons (Fsp3) is 0.833. The summed E-state index contributed by atoms with van der Waals surface area (Å²) in [5.41, 5.74) is -0.310. The minimum atomic E-state index is -0.387. The van der Waals surface area contributed by atoms with Gasteiger partial charge in [0, 0.05) is 38.3 Å². The average Bonchev–Trinajstić information content (AvgIpc) is 2.28. The Morgan fingerprint density at radius 3 is 2.18 bits per heavy atom. The van der Waals surface area contributed by atoms with E-state index in [1.807, 2.05) is 27.7 Å². The van der Waals surface area contributed by atoms with Gasteiger partial charge in [0.2, 0.25) is 0 Å². The minimum absolute atomic E-state index is 0.310. The Hall–Kier alpha value is -1.10. The monoisotopic (exact) mass is 241 g/mol. The molecule has 98 valence electrons. The van der Waals surface area contributed by atoms with Crippen LogP contribution >= 0.6 is 0 Å². The van der Waals surface area contributed by atoms with E-state index in [1.165, 1.54) is 0 Å². The van der Waals surface area contributed by atoms with Gasteiger partial charge in [-0.15, -0.1) is 0 Å². The number of nitrogens with zero attached hydrogens (tertiary/aromatic N) is 2. The highest BCUT2D eigenvalue weighted by Crippen LogP contribution is 2.14. The molecule has 1 fully saturated rings. The van der Waals surface area contributed by atoms with Crippen molar-refractivity contribution < 1.29 is 9.59 Å². The number of rotatable bonds is 1. The van der Waals surface area contributed by atoms with Gasteiger partial charge in [0.05, 0.1) is 0 Å². The summed E-state index contributed by atoms with van der Waals surface area (Å²) < 4.78 is 0. The average molecular weight is 241 g/mol. The first-order valence-corrected chi connectivity index (χ1v) is 6.19. The highest BCUT2D eigenvalue weighted by molar-refractivity contribution is 6.35. The van der Waals surface area contributed by atoms with Crippen molar-refractivity contribution in [2.24, 2.45) is 0 Å². The smallest absolute Gasteiger partial charge is 0.312 e. The number of nitrogens with one attached hydrogen (secondary N) is 1. The van der Waals surface area contributed by atoms with Gasteiger partial charge in [-0.3, -0.25) is 9.59 Å². The number of piperazine rings is 1. The molecule has 0 radical (unpaired) electrons. The van der Waals surface area contributed by atoms with E-state index in [-0.39, 0.29) is 17.4 Å². The van der Waals surface area contributed by atoms with Crippen LogP contribution in [0.3, 0.4) is 0 Å². The van der Waals surface area contributed by atoms with Crippen LogP contribution in [0.4, 0.5) is 0 Å². The molecule has 1 N–H and O–H groups in total. The largest absolute Gasteiger partial charge is 0.332 e. The molecule has 0 saturated carbocycles. The quantitative estimate of drug-likeness (QED) is 0.661. The van der Waals surface area contributed by atoms with Crippen molar-refractivity contribution in [2.45, 2.75) is 33.2 Å². The van der Waals surface area contributed by atoms with Crippen molar-refractivity contribution in [1.29, 1.82) is 0 Å². The molecule has 1 saturated heterocycles. The van der Waals surface area contributed by atoms with E-state index < -0.39 is 0 Å². The highest BCUT2D eigenvalue weighted by atomic mass is 16.2. The molecule has 1 aliphatic heterocycles. The third kappa shape index (κ3) is 3.43. The van der Waals surface area contributed by atoms with Gasteiger partial charge in [-0.1, -0.05) is 0 Å². The molecule has 1 rings (SSSR count). The van der Waals surface area contributed by atoms with Crippen molar-refractivity contribution in [1.82, 2.24) is 15.1 Å². The van der Waals surface area contributed by atoms with E-state index in [2.05, 4.69) is 5.32 Å². The second kappa shape index (κ2) is 5.49. The number of hydrogen-bond donors (Lipinski definition) is 1. The molecule has 0 bridgehead atoms. The van der Waals surface area contributed by atoms with E-state index in [4.69, 9.17) is 0 Å². The summed E-state index contributed by atoms with van der Waals surface area (Å²) >= 11 is 0. The van der Waals surface area contributed by atoms with E-state index in [9.17, 15) is 9.59 Å². The number of likely N-dealkylation sites (N-methyl/N-ethyl adjacent to an activating group) is 1. The Morgan fingerprint density at radius 1 is 1.24 bits per heavy atom. The first-order valence-electron chi connectivity index (χ1n) is 6.19. The summed E-state index contributed by atoms with van der Waals surface area (Å²) in [6.45, 7) is 11.0. The van der Waals surface area contributed by atoms with Gasteiger partial charge in [0.25, 0.3) is 0 Å². The molecule has 1 aliphatic rings. The van der Waals surface area contributed by atoms with Crippen LogP contribution in [0.5, 0.6) is 0 Å². The van der Waals surface area contributed by atoms with Crippen molar-refractivity contribution in [3.05, 3.63) is 0 Å². The van der Waals surface area contributed by atoms with Crippen molar-refractivity contribution in [2.75, 3.05) is 32.7 Å². The van der Waals surface area contributed by atoms with Crippen LogP contribution < -0.4 is 5.32 Å². The maximum Gasteiger partial charge on any atom is 0.312 e. The molecule has 5 heteroatoms. The Balaban J connectivity index is 2.70. The van der Waals surface area contributed by atoms with Crippen LogP contribution in [0, 0.1) is 0 Å². The molecular formula is C12H23N3O2. The number of hydrogen-bond acceptors (Lipinski definition) is 3. The van der Waals surface area contributed by atoms with Gasteiger partial charge >= 0.3 is 11.8 Å². The Morgan fingerprint density at radius 2 is 1.76 bits per heavy atom.